The third-order valence-electron chi connectivity index (χ3n) is 9.51. The summed E-state index contributed by atoms with van der Waals surface area (Å²) in [6.07, 6.45) is 4.53. The van der Waals surface area contributed by atoms with Crippen LogP contribution in [0.3, 0.4) is 0 Å². The molecular formula is C26H36O7. The molecule has 1 N–H and O–H groups in total. The molecule has 0 aromatic carbocycles. The molecule has 4 aliphatic carbocycles. The number of aliphatic hydroxyl groups is 1. The molecule has 0 aliphatic heterocycles. The summed E-state index contributed by atoms with van der Waals surface area (Å²) in [6.45, 7) is 8.38. The van der Waals surface area contributed by atoms with Crippen molar-refractivity contribution >= 4 is 23.5 Å². The van der Waals surface area contributed by atoms with E-state index < -0.39 is 41.4 Å². The Kier molecular flexibility index (Phi) is 5.87. The highest BCUT2D eigenvalue weighted by Gasteiger charge is 2.70. The van der Waals surface area contributed by atoms with Crippen molar-refractivity contribution in [1.82, 2.24) is 0 Å². The van der Waals surface area contributed by atoms with Crippen LogP contribution in [-0.2, 0) is 28.7 Å². The number of rotatable bonds is 4. The van der Waals surface area contributed by atoms with E-state index in [-0.39, 0.29) is 34.9 Å². The van der Waals surface area contributed by atoms with E-state index in [4.69, 9.17) is 9.47 Å². The van der Waals surface area contributed by atoms with E-state index in [1.54, 1.807) is 0 Å². The Morgan fingerprint density at radius 3 is 2.48 bits per heavy atom. The minimum atomic E-state index is -1.42. The van der Waals surface area contributed by atoms with Crippen molar-refractivity contribution in [2.45, 2.75) is 84.8 Å². The lowest BCUT2D eigenvalue weighted by atomic mass is 9.44. The summed E-state index contributed by atoms with van der Waals surface area (Å²) >= 11 is 0. The fourth-order valence-electron chi connectivity index (χ4n) is 8.32. The lowest BCUT2D eigenvalue weighted by Crippen LogP contribution is -2.63. The average molecular weight is 461 g/mol. The summed E-state index contributed by atoms with van der Waals surface area (Å²) in [5.41, 5.74) is -1.30. The molecule has 0 heterocycles. The van der Waals surface area contributed by atoms with Crippen molar-refractivity contribution in [3.63, 3.8) is 0 Å². The molecule has 8 atom stereocenters. The van der Waals surface area contributed by atoms with Crippen molar-refractivity contribution in [3.8, 4) is 0 Å². The molecular weight excluding hydrogens is 424 g/mol. The molecule has 0 saturated heterocycles. The van der Waals surface area contributed by atoms with Crippen LogP contribution in [0.5, 0.6) is 0 Å². The van der Waals surface area contributed by atoms with Gasteiger partial charge in [0, 0.05) is 25.7 Å². The second kappa shape index (κ2) is 8.03. The van der Waals surface area contributed by atoms with Crippen LogP contribution in [0.4, 0.5) is 0 Å². The summed E-state index contributed by atoms with van der Waals surface area (Å²) in [6, 6.07) is 0. The average Bonchev–Trinajstić information content (AvgIpc) is 2.99. The molecule has 0 aromatic rings. The van der Waals surface area contributed by atoms with Gasteiger partial charge in [-0.05, 0) is 67.3 Å². The predicted octanol–water partition coefficient (Wildman–Crippen LogP) is 3.17. The van der Waals surface area contributed by atoms with Crippen LogP contribution in [0.1, 0.15) is 73.1 Å². The molecule has 7 heteroatoms. The fraction of sp³-hybridized carbons (Fsp3) is 0.769. The van der Waals surface area contributed by atoms with Gasteiger partial charge in [-0.3, -0.25) is 19.2 Å². The zero-order valence-electron chi connectivity index (χ0n) is 20.3. The van der Waals surface area contributed by atoms with Crippen LogP contribution in [0.25, 0.3) is 0 Å². The summed E-state index contributed by atoms with van der Waals surface area (Å²) in [5.74, 6) is -0.961. The van der Waals surface area contributed by atoms with E-state index in [0.717, 1.165) is 18.4 Å². The van der Waals surface area contributed by atoms with Crippen molar-refractivity contribution in [2.24, 2.45) is 34.5 Å². The SMILES string of the molecule is CC(=O)OCC(=O)[C@@]1(OC(C)=O)CC[C@H]2[C@@H]3C[C@H](C)C4=CC(=O)CC[C@]4(C)[C@H]3[C@@H](O)C[C@@]21C. The van der Waals surface area contributed by atoms with E-state index >= 15 is 0 Å². The summed E-state index contributed by atoms with van der Waals surface area (Å²) in [4.78, 5) is 49.2. The van der Waals surface area contributed by atoms with E-state index in [1.807, 2.05) is 13.0 Å². The van der Waals surface area contributed by atoms with Crippen LogP contribution >= 0.6 is 0 Å². The Bertz CT molecular complexity index is 922. The first-order valence-electron chi connectivity index (χ1n) is 12.1. The number of aliphatic hydroxyl groups excluding tert-OH is 1. The second-order valence-corrected chi connectivity index (χ2v) is 11.3. The number of carbonyl (C=O) groups is 4. The van der Waals surface area contributed by atoms with Crippen molar-refractivity contribution in [2.75, 3.05) is 6.61 Å². The minimum Gasteiger partial charge on any atom is -0.458 e. The van der Waals surface area contributed by atoms with Gasteiger partial charge in [-0.15, -0.1) is 0 Å². The van der Waals surface area contributed by atoms with E-state index in [1.165, 1.54) is 13.8 Å². The Hall–Kier alpha value is -2.02. The number of ether oxygens (including phenoxy) is 2. The maximum atomic E-state index is 13.4. The summed E-state index contributed by atoms with van der Waals surface area (Å²) in [7, 11) is 0. The first kappa shape index (κ1) is 24.1. The molecule has 0 spiro atoms. The molecule has 182 valence electrons. The lowest BCUT2D eigenvalue weighted by Gasteiger charge is -2.62. The smallest absolute Gasteiger partial charge is 0.303 e. The third-order valence-corrected chi connectivity index (χ3v) is 9.51. The normalized spacial score (nSPS) is 44.1. The Labute approximate surface area is 195 Å². The molecule has 0 bridgehead atoms. The van der Waals surface area contributed by atoms with Gasteiger partial charge >= 0.3 is 11.9 Å². The molecule has 0 aromatic heterocycles. The molecule has 3 saturated carbocycles. The largest absolute Gasteiger partial charge is 0.458 e. The van der Waals surface area contributed by atoms with E-state index in [0.29, 0.717) is 25.7 Å². The molecule has 7 nitrogen and oxygen atoms in total. The molecule has 0 unspecified atom stereocenters. The van der Waals surface area contributed by atoms with Gasteiger partial charge in [0.15, 0.2) is 18.0 Å². The number of fused-ring (bicyclic) bond motifs is 5. The number of hydrogen-bond acceptors (Lipinski definition) is 7. The van der Waals surface area contributed by atoms with Crippen molar-refractivity contribution in [3.05, 3.63) is 11.6 Å². The number of allylic oxidation sites excluding steroid dienone is 1. The monoisotopic (exact) mass is 460 g/mol. The molecule has 33 heavy (non-hydrogen) atoms. The third kappa shape index (κ3) is 3.49. The van der Waals surface area contributed by atoms with Gasteiger partial charge in [0.1, 0.15) is 0 Å². The molecule has 4 aliphatic rings. The first-order chi connectivity index (χ1) is 15.4. The lowest BCUT2D eigenvalue weighted by molar-refractivity contribution is -0.203. The zero-order chi connectivity index (χ0) is 24.3. The molecule has 4 rings (SSSR count). The van der Waals surface area contributed by atoms with Gasteiger partial charge in [0.2, 0.25) is 5.78 Å². The Balaban J connectivity index is 1.75. The van der Waals surface area contributed by atoms with Crippen LogP contribution in [0, 0.1) is 34.5 Å². The maximum absolute atomic E-state index is 13.4. The number of esters is 2. The number of carbonyl (C=O) groups excluding carboxylic acids is 4. The maximum Gasteiger partial charge on any atom is 0.303 e. The van der Waals surface area contributed by atoms with Crippen LogP contribution < -0.4 is 0 Å². The van der Waals surface area contributed by atoms with Gasteiger partial charge in [0.05, 0.1) is 6.10 Å². The standard InChI is InChI=1S/C26H36O7/c1-14-10-18-19-7-9-26(33-16(3)28,22(31)13-32-15(2)27)25(19,5)12-21(30)23(18)24(4)8-6-17(29)11-20(14)24/h11,14,18-19,21,23,30H,6-10,12-13H2,1-5H3/t14-,18-,19-,21-,23+,24-,25-,26-/m0/s1. The van der Waals surface area contributed by atoms with Gasteiger partial charge in [-0.2, -0.15) is 0 Å². The fourth-order valence-corrected chi connectivity index (χ4v) is 8.32. The Morgan fingerprint density at radius 1 is 1.15 bits per heavy atom. The molecule has 0 amide bonds. The highest BCUT2D eigenvalue weighted by molar-refractivity contribution is 5.93. The minimum absolute atomic E-state index is 0.0113. The molecule has 0 radical (unpaired) electrons. The van der Waals surface area contributed by atoms with Crippen LogP contribution in [0.2, 0.25) is 0 Å². The summed E-state index contributed by atoms with van der Waals surface area (Å²) < 4.78 is 10.8. The highest BCUT2D eigenvalue weighted by Crippen LogP contribution is 2.69. The van der Waals surface area contributed by atoms with Gasteiger partial charge in [-0.1, -0.05) is 26.3 Å². The van der Waals surface area contributed by atoms with Gasteiger partial charge in [0.25, 0.3) is 0 Å². The number of Topliss-reactive ketones (excluding diaryl/α,β-unsaturated/α-hetero) is 1. The van der Waals surface area contributed by atoms with Gasteiger partial charge < -0.3 is 14.6 Å². The quantitative estimate of drug-likeness (QED) is 0.642. The van der Waals surface area contributed by atoms with Crippen LogP contribution in [0.15, 0.2) is 11.6 Å². The zero-order valence-corrected chi connectivity index (χ0v) is 20.3. The van der Waals surface area contributed by atoms with Gasteiger partial charge in [-0.25, -0.2) is 0 Å². The Morgan fingerprint density at radius 2 is 1.85 bits per heavy atom. The van der Waals surface area contributed by atoms with E-state index in [9.17, 15) is 24.3 Å². The second-order valence-electron chi connectivity index (χ2n) is 11.3. The van der Waals surface area contributed by atoms with Crippen molar-refractivity contribution < 1.29 is 33.8 Å². The number of hydrogen-bond donors (Lipinski definition) is 1. The molecule has 3 fully saturated rings. The highest BCUT2D eigenvalue weighted by atomic mass is 16.6. The summed E-state index contributed by atoms with van der Waals surface area (Å²) in [5, 5.41) is 11.6. The van der Waals surface area contributed by atoms with Crippen LogP contribution in [-0.4, -0.2) is 46.9 Å². The topological polar surface area (TPSA) is 107 Å². The van der Waals surface area contributed by atoms with E-state index in [2.05, 4.69) is 13.8 Å². The number of ketones is 2. The predicted molar refractivity (Wildman–Crippen MR) is 119 cm³/mol. The first-order valence-corrected chi connectivity index (χ1v) is 12.1. The van der Waals surface area contributed by atoms with Crippen molar-refractivity contribution in [1.29, 1.82) is 0 Å².